The van der Waals surface area contributed by atoms with E-state index in [1.165, 1.54) is 5.56 Å². The molecule has 166 valence electrons. The Bertz CT molecular complexity index is 1290. The van der Waals surface area contributed by atoms with Gasteiger partial charge in [-0.3, -0.25) is 9.78 Å². The van der Waals surface area contributed by atoms with Gasteiger partial charge >= 0.3 is 0 Å². The lowest BCUT2D eigenvalue weighted by atomic mass is 9.98. The maximum absolute atomic E-state index is 13.7. The maximum atomic E-state index is 13.7. The van der Waals surface area contributed by atoms with Crippen LogP contribution in [0.15, 0.2) is 73.2 Å². The predicted molar refractivity (Wildman–Crippen MR) is 125 cm³/mol. The molecule has 0 aliphatic carbocycles. The Labute approximate surface area is 192 Å². The fourth-order valence-electron chi connectivity index (χ4n) is 4.19. The molecule has 0 saturated heterocycles. The molecule has 2 aromatic carbocycles. The number of methoxy groups -OCH3 is 2. The van der Waals surface area contributed by atoms with Crippen LogP contribution in [0.5, 0.6) is 11.5 Å². The number of fused-ring (bicyclic) bond motifs is 1. The number of hydrogen-bond donors (Lipinski definition) is 0. The lowest BCUT2D eigenvalue weighted by Crippen LogP contribution is -2.36. The zero-order chi connectivity index (χ0) is 22.8. The van der Waals surface area contributed by atoms with Crippen LogP contribution < -0.4 is 9.47 Å². The van der Waals surface area contributed by atoms with Crippen LogP contribution in [0, 0.1) is 0 Å². The highest BCUT2D eigenvalue weighted by Crippen LogP contribution is 2.34. The largest absolute Gasteiger partial charge is 0.493 e. The summed E-state index contributed by atoms with van der Waals surface area (Å²) < 4.78 is 12.6. The zero-order valence-electron chi connectivity index (χ0n) is 18.6. The van der Waals surface area contributed by atoms with Crippen LogP contribution >= 0.6 is 0 Å². The number of nitrogens with zero attached hydrogens (tertiary/aromatic N) is 4. The van der Waals surface area contributed by atoms with Crippen molar-refractivity contribution in [3.8, 4) is 28.4 Å². The number of rotatable bonds is 5. The van der Waals surface area contributed by atoms with Crippen molar-refractivity contribution in [2.75, 3.05) is 20.8 Å². The first-order valence-corrected chi connectivity index (χ1v) is 10.8. The van der Waals surface area contributed by atoms with Crippen LogP contribution in [0.4, 0.5) is 0 Å². The number of amides is 1. The molecule has 0 bridgehead atoms. The standard InChI is InChI=1S/C26H24N4O3/c1-32-23-13-18-10-12-29(16-20(18)14-24(23)33-2)26(31)22-17-30(21-8-4-3-5-9-21)28-25(22)19-7-6-11-27-15-19/h3-9,11,13-15,17H,10,12,16H2,1-2H3. The van der Waals surface area contributed by atoms with E-state index >= 15 is 0 Å². The minimum absolute atomic E-state index is 0.0588. The van der Waals surface area contributed by atoms with Crippen LogP contribution in [0.25, 0.3) is 16.9 Å². The molecule has 0 radical (unpaired) electrons. The van der Waals surface area contributed by atoms with Gasteiger partial charge in [0.05, 0.1) is 25.5 Å². The van der Waals surface area contributed by atoms with Crippen molar-refractivity contribution in [2.45, 2.75) is 13.0 Å². The van der Waals surface area contributed by atoms with E-state index in [1.54, 1.807) is 31.3 Å². The molecule has 0 saturated carbocycles. The molecule has 0 fully saturated rings. The fourth-order valence-corrected chi connectivity index (χ4v) is 4.19. The highest BCUT2D eigenvalue weighted by atomic mass is 16.5. The molecule has 0 N–H and O–H groups in total. The van der Waals surface area contributed by atoms with Gasteiger partial charge in [0.25, 0.3) is 5.91 Å². The van der Waals surface area contributed by atoms with Gasteiger partial charge in [0.15, 0.2) is 11.5 Å². The second-order valence-corrected chi connectivity index (χ2v) is 7.87. The molecule has 4 aromatic rings. The monoisotopic (exact) mass is 440 g/mol. The summed E-state index contributed by atoms with van der Waals surface area (Å²) in [6.07, 6.45) is 6.00. The molecule has 5 rings (SSSR count). The molecule has 7 heteroatoms. The van der Waals surface area contributed by atoms with E-state index in [9.17, 15) is 4.79 Å². The molecule has 0 unspecified atom stereocenters. The molecule has 1 amide bonds. The van der Waals surface area contributed by atoms with Crippen LogP contribution in [0.2, 0.25) is 0 Å². The molecule has 0 atom stereocenters. The summed E-state index contributed by atoms with van der Waals surface area (Å²) in [6.45, 7) is 1.11. The Kier molecular flexibility index (Phi) is 5.52. The SMILES string of the molecule is COc1cc2c(cc1OC)CN(C(=O)c1cn(-c3ccccc3)nc1-c1cccnc1)CC2. The normalized spacial score (nSPS) is 12.8. The van der Waals surface area contributed by atoms with E-state index in [-0.39, 0.29) is 5.91 Å². The lowest BCUT2D eigenvalue weighted by Gasteiger charge is -2.29. The van der Waals surface area contributed by atoms with E-state index in [0.717, 1.165) is 23.2 Å². The number of ether oxygens (including phenoxy) is 2. The average molecular weight is 441 g/mol. The highest BCUT2D eigenvalue weighted by molar-refractivity contribution is 6.00. The molecule has 0 spiro atoms. The molecule has 2 aromatic heterocycles. The van der Waals surface area contributed by atoms with Crippen molar-refractivity contribution in [1.29, 1.82) is 0 Å². The Hall–Kier alpha value is -4.13. The number of benzene rings is 2. The molecule has 1 aliphatic heterocycles. The Morgan fingerprint density at radius 2 is 1.73 bits per heavy atom. The second kappa shape index (κ2) is 8.78. The quantitative estimate of drug-likeness (QED) is 0.466. The lowest BCUT2D eigenvalue weighted by molar-refractivity contribution is 0.0735. The minimum Gasteiger partial charge on any atom is -0.493 e. The highest BCUT2D eigenvalue weighted by Gasteiger charge is 2.27. The van der Waals surface area contributed by atoms with Gasteiger partial charge in [-0.2, -0.15) is 5.10 Å². The summed E-state index contributed by atoms with van der Waals surface area (Å²) in [5, 5.41) is 4.75. The zero-order valence-corrected chi connectivity index (χ0v) is 18.6. The number of pyridine rings is 1. The van der Waals surface area contributed by atoms with Gasteiger partial charge in [-0.05, 0) is 53.9 Å². The van der Waals surface area contributed by atoms with Gasteiger partial charge in [0.2, 0.25) is 0 Å². The Morgan fingerprint density at radius 1 is 0.970 bits per heavy atom. The fraction of sp³-hybridized carbons (Fsp3) is 0.192. The van der Waals surface area contributed by atoms with Crippen molar-refractivity contribution in [1.82, 2.24) is 19.7 Å². The van der Waals surface area contributed by atoms with Gasteiger partial charge in [-0.25, -0.2) is 4.68 Å². The van der Waals surface area contributed by atoms with Crippen molar-refractivity contribution in [3.05, 3.63) is 89.9 Å². The first kappa shape index (κ1) is 20.8. The third kappa shape index (κ3) is 3.93. The smallest absolute Gasteiger partial charge is 0.258 e. The molecule has 1 aliphatic rings. The summed E-state index contributed by atoms with van der Waals surface area (Å²) in [5.74, 6) is 1.31. The van der Waals surface area contributed by atoms with E-state index < -0.39 is 0 Å². The third-order valence-electron chi connectivity index (χ3n) is 5.91. The summed E-state index contributed by atoms with van der Waals surface area (Å²) >= 11 is 0. The first-order valence-electron chi connectivity index (χ1n) is 10.8. The van der Waals surface area contributed by atoms with Crippen LogP contribution in [-0.4, -0.2) is 46.3 Å². The predicted octanol–water partition coefficient (Wildman–Crippen LogP) is 4.15. The van der Waals surface area contributed by atoms with Crippen molar-refractivity contribution < 1.29 is 14.3 Å². The molecule has 3 heterocycles. The molecular formula is C26H24N4O3. The molecule has 33 heavy (non-hydrogen) atoms. The number of carbonyl (C=O) groups excluding carboxylic acids is 1. The number of aromatic nitrogens is 3. The van der Waals surface area contributed by atoms with E-state index in [1.807, 2.05) is 65.7 Å². The topological polar surface area (TPSA) is 69.5 Å². The summed E-state index contributed by atoms with van der Waals surface area (Å²) in [4.78, 5) is 19.8. The van der Waals surface area contributed by atoms with Gasteiger partial charge < -0.3 is 14.4 Å². The van der Waals surface area contributed by atoms with Gasteiger partial charge in [-0.1, -0.05) is 18.2 Å². The van der Waals surface area contributed by atoms with E-state index in [0.29, 0.717) is 35.8 Å². The summed E-state index contributed by atoms with van der Waals surface area (Å²) in [7, 11) is 3.25. The van der Waals surface area contributed by atoms with Gasteiger partial charge in [0.1, 0.15) is 5.69 Å². The minimum atomic E-state index is -0.0588. The maximum Gasteiger partial charge on any atom is 0.258 e. The number of para-hydroxylation sites is 1. The summed E-state index contributed by atoms with van der Waals surface area (Å²) in [6, 6.07) is 17.5. The van der Waals surface area contributed by atoms with E-state index in [4.69, 9.17) is 14.6 Å². The third-order valence-corrected chi connectivity index (χ3v) is 5.91. The van der Waals surface area contributed by atoms with Crippen molar-refractivity contribution in [2.24, 2.45) is 0 Å². The van der Waals surface area contributed by atoms with Crippen LogP contribution in [-0.2, 0) is 13.0 Å². The Morgan fingerprint density at radius 3 is 2.42 bits per heavy atom. The van der Waals surface area contributed by atoms with Gasteiger partial charge in [-0.15, -0.1) is 0 Å². The second-order valence-electron chi connectivity index (χ2n) is 7.87. The van der Waals surface area contributed by atoms with Crippen molar-refractivity contribution in [3.63, 3.8) is 0 Å². The molecular weight excluding hydrogens is 416 g/mol. The summed E-state index contributed by atoms with van der Waals surface area (Å²) in [5.41, 5.74) is 5.10. The van der Waals surface area contributed by atoms with Gasteiger partial charge in [0, 0.05) is 37.2 Å². The van der Waals surface area contributed by atoms with Crippen LogP contribution in [0.1, 0.15) is 21.5 Å². The average Bonchev–Trinajstić information content (AvgIpc) is 3.33. The van der Waals surface area contributed by atoms with E-state index in [2.05, 4.69) is 4.98 Å². The van der Waals surface area contributed by atoms with Crippen LogP contribution in [0.3, 0.4) is 0 Å². The first-order chi connectivity index (χ1) is 16.2. The Balaban J connectivity index is 1.51. The number of hydrogen-bond acceptors (Lipinski definition) is 5. The number of carbonyl (C=O) groups is 1. The molecule has 7 nitrogen and oxygen atoms in total. The van der Waals surface area contributed by atoms with Crippen molar-refractivity contribution >= 4 is 5.91 Å².